The number of aliphatic imine (C=N–C) groups is 2. The van der Waals surface area contributed by atoms with Gasteiger partial charge in [-0.2, -0.15) is 0 Å². The van der Waals surface area contributed by atoms with Gasteiger partial charge in [0.05, 0.1) is 0 Å². The van der Waals surface area contributed by atoms with Crippen LogP contribution in [0, 0.1) is 0 Å². The van der Waals surface area contributed by atoms with Gasteiger partial charge in [-0.25, -0.2) is 0 Å². The largest absolute Gasteiger partial charge is 0.272 e. The van der Waals surface area contributed by atoms with Crippen LogP contribution in [-0.4, -0.2) is 13.4 Å². The van der Waals surface area contributed by atoms with Crippen molar-refractivity contribution in [3.05, 3.63) is 46.8 Å². The summed E-state index contributed by atoms with van der Waals surface area (Å²) >= 11 is 0. The zero-order valence-corrected chi connectivity index (χ0v) is 10.6. The molecule has 0 atom stereocenters. The Balaban J connectivity index is 5.49. The molecule has 0 bridgehead atoms. The maximum absolute atomic E-state index is 3.73. The van der Waals surface area contributed by atoms with Crippen molar-refractivity contribution in [1.82, 2.24) is 0 Å². The molecular formula is C14H20N2. The van der Waals surface area contributed by atoms with Crippen molar-refractivity contribution in [2.75, 3.05) is 0 Å². The predicted octanol–water partition coefficient (Wildman–Crippen LogP) is 4.09. The molecule has 0 aliphatic carbocycles. The van der Waals surface area contributed by atoms with Crippen LogP contribution < -0.4 is 0 Å². The molecule has 0 spiro atoms. The van der Waals surface area contributed by atoms with Gasteiger partial charge in [-0.3, -0.25) is 9.98 Å². The molecule has 0 N–H and O–H groups in total. The second kappa shape index (κ2) is 7.57. The normalized spacial score (nSPS) is 10.5. The zero-order valence-electron chi connectivity index (χ0n) is 10.6. The lowest BCUT2D eigenvalue weighted by atomic mass is 9.97. The highest BCUT2D eigenvalue weighted by Gasteiger charge is 2.02. The Bertz CT molecular complexity index is 334. The van der Waals surface area contributed by atoms with Crippen molar-refractivity contribution in [3.8, 4) is 0 Å². The smallest absolute Gasteiger partial charge is 0.0266 e. The van der Waals surface area contributed by atoms with Gasteiger partial charge in [0.2, 0.25) is 0 Å². The lowest BCUT2D eigenvalue weighted by molar-refractivity contribution is 1.25. The van der Waals surface area contributed by atoms with Gasteiger partial charge in [0, 0.05) is 12.4 Å². The molecule has 0 unspecified atom stereocenters. The third-order valence-electron chi connectivity index (χ3n) is 2.06. The van der Waals surface area contributed by atoms with Crippen LogP contribution in [0.3, 0.4) is 0 Å². The standard InChI is InChI=1S/C14H20N2/c1-11(2)13(7-9-15-5)14(12(3)4)8-10-16-6/h7-10H,5-6H2,1-4H3/b9-7-,10-8-. The zero-order chi connectivity index (χ0) is 12.6. The molecule has 0 aliphatic heterocycles. The van der Waals surface area contributed by atoms with Crippen LogP contribution in [0.2, 0.25) is 0 Å². The summed E-state index contributed by atoms with van der Waals surface area (Å²) in [5.74, 6) is 0. The second-order valence-electron chi connectivity index (χ2n) is 3.82. The minimum Gasteiger partial charge on any atom is -0.272 e. The topological polar surface area (TPSA) is 24.7 Å². The first kappa shape index (κ1) is 14.3. The van der Waals surface area contributed by atoms with Crippen molar-refractivity contribution >= 4 is 13.4 Å². The van der Waals surface area contributed by atoms with Gasteiger partial charge in [-0.1, -0.05) is 11.1 Å². The van der Waals surface area contributed by atoms with Crippen molar-refractivity contribution < 1.29 is 0 Å². The summed E-state index contributed by atoms with van der Waals surface area (Å²) in [5, 5.41) is 0. The van der Waals surface area contributed by atoms with Gasteiger partial charge in [0.15, 0.2) is 0 Å². The first-order valence-corrected chi connectivity index (χ1v) is 5.14. The molecule has 0 aromatic heterocycles. The van der Waals surface area contributed by atoms with E-state index in [0.29, 0.717) is 0 Å². The van der Waals surface area contributed by atoms with Crippen LogP contribution in [0.25, 0.3) is 0 Å². The Morgan fingerprint density at radius 2 is 1.06 bits per heavy atom. The van der Waals surface area contributed by atoms with Crippen LogP contribution in [-0.2, 0) is 0 Å². The second-order valence-corrected chi connectivity index (χ2v) is 3.82. The number of allylic oxidation sites excluding steroid dienone is 6. The number of hydrogen-bond donors (Lipinski definition) is 0. The van der Waals surface area contributed by atoms with E-state index in [2.05, 4.69) is 51.1 Å². The number of nitrogens with zero attached hydrogens (tertiary/aromatic N) is 2. The average molecular weight is 216 g/mol. The van der Waals surface area contributed by atoms with Gasteiger partial charge in [0.1, 0.15) is 0 Å². The highest BCUT2D eigenvalue weighted by atomic mass is 14.6. The monoisotopic (exact) mass is 216 g/mol. The molecule has 0 aliphatic rings. The molecule has 16 heavy (non-hydrogen) atoms. The van der Waals surface area contributed by atoms with Gasteiger partial charge in [0.25, 0.3) is 0 Å². The van der Waals surface area contributed by atoms with E-state index in [4.69, 9.17) is 0 Å². The van der Waals surface area contributed by atoms with Crippen LogP contribution in [0.4, 0.5) is 0 Å². The van der Waals surface area contributed by atoms with Crippen molar-refractivity contribution in [1.29, 1.82) is 0 Å². The Morgan fingerprint density at radius 1 is 0.750 bits per heavy atom. The molecule has 0 rings (SSSR count). The fourth-order valence-corrected chi connectivity index (χ4v) is 1.31. The Hall–Kier alpha value is -1.70. The Kier molecular flexibility index (Phi) is 6.77. The minimum absolute atomic E-state index is 1.15. The van der Waals surface area contributed by atoms with E-state index in [1.54, 1.807) is 12.4 Å². The molecule has 0 fully saturated rings. The summed E-state index contributed by atoms with van der Waals surface area (Å²) in [7, 11) is 0. The molecule has 0 aromatic carbocycles. The summed E-state index contributed by atoms with van der Waals surface area (Å²) in [6, 6.07) is 0. The lowest BCUT2D eigenvalue weighted by Crippen LogP contribution is -1.89. The summed E-state index contributed by atoms with van der Waals surface area (Å²) < 4.78 is 0. The van der Waals surface area contributed by atoms with Crippen molar-refractivity contribution in [3.63, 3.8) is 0 Å². The maximum atomic E-state index is 3.73. The van der Waals surface area contributed by atoms with Gasteiger partial charge in [-0.15, -0.1) is 0 Å². The van der Waals surface area contributed by atoms with E-state index < -0.39 is 0 Å². The molecule has 0 heterocycles. The molecule has 0 radical (unpaired) electrons. The highest BCUT2D eigenvalue weighted by molar-refractivity contribution is 5.51. The Labute approximate surface area is 98.5 Å². The van der Waals surface area contributed by atoms with Gasteiger partial charge >= 0.3 is 0 Å². The maximum Gasteiger partial charge on any atom is 0.0266 e. The first-order valence-electron chi connectivity index (χ1n) is 5.14. The number of rotatable bonds is 5. The minimum atomic E-state index is 1.15. The third-order valence-corrected chi connectivity index (χ3v) is 2.06. The predicted molar refractivity (Wildman–Crippen MR) is 74.1 cm³/mol. The summed E-state index contributed by atoms with van der Waals surface area (Å²) in [4.78, 5) is 7.47. The first-order chi connectivity index (χ1) is 7.54. The summed E-state index contributed by atoms with van der Waals surface area (Å²) in [6.07, 6.45) is 7.30. The molecule has 2 heteroatoms. The quantitative estimate of drug-likeness (QED) is 0.488. The fourth-order valence-electron chi connectivity index (χ4n) is 1.31. The molecule has 0 saturated heterocycles. The van der Waals surface area contributed by atoms with E-state index in [1.807, 2.05) is 12.2 Å². The third kappa shape index (κ3) is 4.69. The molecule has 2 nitrogen and oxygen atoms in total. The van der Waals surface area contributed by atoms with E-state index >= 15 is 0 Å². The van der Waals surface area contributed by atoms with Crippen LogP contribution in [0.5, 0.6) is 0 Å². The van der Waals surface area contributed by atoms with E-state index in [9.17, 15) is 0 Å². The van der Waals surface area contributed by atoms with Crippen molar-refractivity contribution in [2.24, 2.45) is 9.98 Å². The summed E-state index contributed by atoms with van der Waals surface area (Å²) in [6.45, 7) is 15.2. The van der Waals surface area contributed by atoms with E-state index in [-0.39, 0.29) is 0 Å². The molecule has 0 aromatic rings. The highest BCUT2D eigenvalue weighted by Crippen LogP contribution is 2.21. The van der Waals surface area contributed by atoms with Crippen LogP contribution in [0.15, 0.2) is 56.8 Å². The van der Waals surface area contributed by atoms with Crippen LogP contribution in [0.1, 0.15) is 27.7 Å². The van der Waals surface area contributed by atoms with Gasteiger partial charge < -0.3 is 0 Å². The van der Waals surface area contributed by atoms with Crippen molar-refractivity contribution in [2.45, 2.75) is 27.7 Å². The molecular weight excluding hydrogens is 196 g/mol. The SMILES string of the molecule is C=N/C=C\C(=C(C)C)C(/C=C\N=C)=C(C)C. The lowest BCUT2D eigenvalue weighted by Gasteiger charge is -2.08. The van der Waals surface area contributed by atoms with Crippen LogP contribution >= 0.6 is 0 Å². The molecule has 0 amide bonds. The van der Waals surface area contributed by atoms with E-state index in [1.165, 1.54) is 11.1 Å². The van der Waals surface area contributed by atoms with E-state index in [0.717, 1.165) is 11.1 Å². The summed E-state index contributed by atoms with van der Waals surface area (Å²) in [5.41, 5.74) is 4.74. The fraction of sp³-hybridized carbons (Fsp3) is 0.286. The molecule has 0 saturated carbocycles. The number of hydrogen-bond acceptors (Lipinski definition) is 2. The average Bonchev–Trinajstić information content (AvgIpc) is 2.21. The molecule has 86 valence electrons. The Morgan fingerprint density at radius 3 is 1.25 bits per heavy atom. The van der Waals surface area contributed by atoms with Gasteiger partial charge in [-0.05, 0) is 64.4 Å².